The highest BCUT2D eigenvalue weighted by Crippen LogP contribution is 2.09. The minimum absolute atomic E-state index is 0.0173. The van der Waals surface area contributed by atoms with E-state index in [2.05, 4.69) is 10.2 Å². The molecule has 1 rings (SSSR count). The molecule has 17 heavy (non-hydrogen) atoms. The normalized spacial score (nSPS) is 20.9. The highest BCUT2D eigenvalue weighted by molar-refractivity contribution is 5.85. The van der Waals surface area contributed by atoms with Crippen LogP contribution in [-0.2, 0) is 4.79 Å². The summed E-state index contributed by atoms with van der Waals surface area (Å²) in [5, 5.41) is 2.95. The molecule has 1 atom stereocenters. The number of nitrogens with two attached hydrogens (primary N) is 1. The van der Waals surface area contributed by atoms with E-state index in [1.54, 1.807) is 0 Å². The van der Waals surface area contributed by atoms with Gasteiger partial charge in [-0.2, -0.15) is 0 Å². The highest BCUT2D eigenvalue weighted by Gasteiger charge is 2.26. The van der Waals surface area contributed by atoms with Gasteiger partial charge in [-0.3, -0.25) is 4.79 Å². The molecule has 0 radical (unpaired) electrons. The Kier molecular flexibility index (Phi) is 5.92. The summed E-state index contributed by atoms with van der Waals surface area (Å²) in [4.78, 5) is 14.3. The number of rotatable bonds is 6. The fourth-order valence-corrected chi connectivity index (χ4v) is 2.35. The standard InChI is InChI=1S/C13H27N3O/c1-3-7-13(2,14)12(17)15-8-11-16-9-5-4-6-10-16/h3-11,14H2,1-2H3,(H,15,17). The van der Waals surface area contributed by atoms with Crippen LogP contribution < -0.4 is 11.1 Å². The largest absolute Gasteiger partial charge is 0.353 e. The summed E-state index contributed by atoms with van der Waals surface area (Å²) >= 11 is 0. The molecule has 0 aromatic carbocycles. The molecule has 1 heterocycles. The number of nitrogens with zero attached hydrogens (tertiary/aromatic N) is 1. The predicted molar refractivity (Wildman–Crippen MR) is 70.8 cm³/mol. The van der Waals surface area contributed by atoms with Crippen LogP contribution in [0.15, 0.2) is 0 Å². The van der Waals surface area contributed by atoms with Gasteiger partial charge in [0.2, 0.25) is 5.91 Å². The number of piperidine rings is 1. The van der Waals surface area contributed by atoms with Gasteiger partial charge in [-0.1, -0.05) is 19.8 Å². The lowest BCUT2D eigenvalue weighted by molar-refractivity contribution is -0.126. The molecule has 1 aliphatic heterocycles. The molecule has 1 fully saturated rings. The van der Waals surface area contributed by atoms with E-state index in [1.807, 2.05) is 13.8 Å². The fourth-order valence-electron chi connectivity index (χ4n) is 2.35. The molecule has 1 unspecified atom stereocenters. The first-order valence-electron chi connectivity index (χ1n) is 6.86. The average Bonchev–Trinajstić information content (AvgIpc) is 2.30. The maximum absolute atomic E-state index is 11.8. The van der Waals surface area contributed by atoms with Crippen LogP contribution in [0.3, 0.4) is 0 Å². The lowest BCUT2D eigenvalue weighted by Crippen LogP contribution is -2.52. The number of amides is 1. The van der Waals surface area contributed by atoms with Crippen molar-refractivity contribution in [3.05, 3.63) is 0 Å². The first-order valence-corrected chi connectivity index (χ1v) is 6.86. The number of carbonyl (C=O) groups is 1. The Labute approximate surface area is 105 Å². The Bertz CT molecular complexity index is 235. The molecule has 0 aromatic heterocycles. The first kappa shape index (κ1) is 14.5. The average molecular weight is 241 g/mol. The minimum atomic E-state index is -0.712. The summed E-state index contributed by atoms with van der Waals surface area (Å²) in [5.41, 5.74) is 5.25. The summed E-state index contributed by atoms with van der Waals surface area (Å²) in [5.74, 6) is -0.0173. The van der Waals surface area contributed by atoms with E-state index in [9.17, 15) is 4.79 Å². The van der Waals surface area contributed by atoms with Crippen molar-refractivity contribution < 1.29 is 4.79 Å². The quantitative estimate of drug-likeness (QED) is 0.732. The molecule has 1 amide bonds. The molecule has 0 aliphatic carbocycles. The zero-order valence-electron chi connectivity index (χ0n) is 11.3. The third kappa shape index (κ3) is 5.04. The monoisotopic (exact) mass is 241 g/mol. The Balaban J connectivity index is 2.18. The Hall–Kier alpha value is -0.610. The van der Waals surface area contributed by atoms with Crippen LogP contribution >= 0.6 is 0 Å². The molecule has 100 valence electrons. The van der Waals surface area contributed by atoms with Gasteiger partial charge in [-0.05, 0) is 39.3 Å². The second-order valence-electron chi connectivity index (χ2n) is 5.33. The minimum Gasteiger partial charge on any atom is -0.353 e. The second kappa shape index (κ2) is 6.97. The van der Waals surface area contributed by atoms with Gasteiger partial charge in [0.25, 0.3) is 0 Å². The molecule has 0 saturated carbocycles. The molecule has 4 nitrogen and oxygen atoms in total. The molecule has 3 N–H and O–H groups in total. The van der Waals surface area contributed by atoms with Gasteiger partial charge in [0.05, 0.1) is 5.54 Å². The summed E-state index contributed by atoms with van der Waals surface area (Å²) in [6.07, 6.45) is 5.60. The van der Waals surface area contributed by atoms with Crippen LogP contribution in [0.5, 0.6) is 0 Å². The van der Waals surface area contributed by atoms with E-state index < -0.39 is 5.54 Å². The van der Waals surface area contributed by atoms with Crippen molar-refractivity contribution in [2.75, 3.05) is 26.2 Å². The number of carbonyl (C=O) groups excluding carboxylic acids is 1. The van der Waals surface area contributed by atoms with Crippen LogP contribution in [0.4, 0.5) is 0 Å². The van der Waals surface area contributed by atoms with Crippen molar-refractivity contribution in [2.45, 2.75) is 51.5 Å². The lowest BCUT2D eigenvalue weighted by atomic mass is 9.96. The first-order chi connectivity index (χ1) is 8.06. The maximum atomic E-state index is 11.8. The Morgan fingerprint density at radius 1 is 1.35 bits per heavy atom. The maximum Gasteiger partial charge on any atom is 0.239 e. The molecule has 0 aromatic rings. The molecule has 4 heteroatoms. The predicted octanol–water partition coefficient (Wildman–Crippen LogP) is 1.11. The topological polar surface area (TPSA) is 58.4 Å². The number of nitrogens with one attached hydrogen (secondary N) is 1. The molecule has 0 bridgehead atoms. The van der Waals surface area contributed by atoms with Crippen LogP contribution in [0, 0.1) is 0 Å². The molecule has 1 aliphatic rings. The van der Waals surface area contributed by atoms with Gasteiger partial charge in [0, 0.05) is 13.1 Å². The number of hydrogen-bond donors (Lipinski definition) is 2. The van der Waals surface area contributed by atoms with Crippen molar-refractivity contribution in [1.82, 2.24) is 10.2 Å². The van der Waals surface area contributed by atoms with Crippen molar-refractivity contribution in [3.8, 4) is 0 Å². The van der Waals surface area contributed by atoms with Crippen LogP contribution in [0.1, 0.15) is 46.0 Å². The van der Waals surface area contributed by atoms with Gasteiger partial charge in [0.1, 0.15) is 0 Å². The van der Waals surface area contributed by atoms with Gasteiger partial charge in [-0.15, -0.1) is 0 Å². The number of likely N-dealkylation sites (tertiary alicyclic amines) is 1. The molecule has 1 saturated heterocycles. The summed E-state index contributed by atoms with van der Waals surface area (Å²) < 4.78 is 0. The second-order valence-corrected chi connectivity index (χ2v) is 5.33. The van der Waals surface area contributed by atoms with Gasteiger partial charge in [0.15, 0.2) is 0 Å². The van der Waals surface area contributed by atoms with Gasteiger partial charge in [-0.25, -0.2) is 0 Å². The van der Waals surface area contributed by atoms with E-state index in [0.29, 0.717) is 0 Å². The third-order valence-corrected chi connectivity index (χ3v) is 3.45. The summed E-state index contributed by atoms with van der Waals surface area (Å²) in [6, 6.07) is 0. The fraction of sp³-hybridized carbons (Fsp3) is 0.923. The van der Waals surface area contributed by atoms with E-state index in [4.69, 9.17) is 5.73 Å². The van der Waals surface area contributed by atoms with Crippen molar-refractivity contribution in [3.63, 3.8) is 0 Å². The molecular formula is C13H27N3O. The summed E-state index contributed by atoms with van der Waals surface area (Å²) in [6.45, 7) is 7.87. The third-order valence-electron chi connectivity index (χ3n) is 3.45. The van der Waals surface area contributed by atoms with Gasteiger partial charge < -0.3 is 16.0 Å². The smallest absolute Gasteiger partial charge is 0.239 e. The zero-order chi connectivity index (χ0) is 12.7. The van der Waals surface area contributed by atoms with E-state index >= 15 is 0 Å². The SMILES string of the molecule is CCCC(C)(N)C(=O)NCCN1CCCCC1. The van der Waals surface area contributed by atoms with Crippen molar-refractivity contribution in [2.24, 2.45) is 5.73 Å². The van der Waals surface area contributed by atoms with Crippen LogP contribution in [0.2, 0.25) is 0 Å². The van der Waals surface area contributed by atoms with E-state index in [1.165, 1.54) is 32.4 Å². The van der Waals surface area contributed by atoms with E-state index in [-0.39, 0.29) is 5.91 Å². The van der Waals surface area contributed by atoms with Gasteiger partial charge >= 0.3 is 0 Å². The van der Waals surface area contributed by atoms with Crippen molar-refractivity contribution in [1.29, 1.82) is 0 Å². The Morgan fingerprint density at radius 3 is 2.59 bits per heavy atom. The lowest BCUT2D eigenvalue weighted by Gasteiger charge is -2.28. The summed E-state index contributed by atoms with van der Waals surface area (Å²) in [7, 11) is 0. The van der Waals surface area contributed by atoms with Crippen LogP contribution in [-0.4, -0.2) is 42.5 Å². The Morgan fingerprint density at radius 2 is 2.00 bits per heavy atom. The highest BCUT2D eigenvalue weighted by atomic mass is 16.2. The number of hydrogen-bond acceptors (Lipinski definition) is 3. The van der Waals surface area contributed by atoms with Crippen molar-refractivity contribution >= 4 is 5.91 Å². The van der Waals surface area contributed by atoms with Crippen LogP contribution in [0.25, 0.3) is 0 Å². The zero-order valence-corrected chi connectivity index (χ0v) is 11.3. The molecular weight excluding hydrogens is 214 g/mol. The van der Waals surface area contributed by atoms with E-state index in [0.717, 1.165) is 25.9 Å². The molecule has 0 spiro atoms.